The summed E-state index contributed by atoms with van der Waals surface area (Å²) in [5.41, 5.74) is 0. The van der Waals surface area contributed by atoms with E-state index in [1.807, 2.05) is 12.2 Å². The number of hydrogen-bond acceptors (Lipinski definition) is 6. The van der Waals surface area contributed by atoms with E-state index in [9.17, 15) is 19.5 Å². The van der Waals surface area contributed by atoms with E-state index in [2.05, 4.69) is 45.1 Å². The second-order valence-corrected chi connectivity index (χ2v) is 11.1. The number of allylic oxidation sites excluding steroid dienone is 8. The first-order chi connectivity index (χ1) is 19.8. The van der Waals surface area contributed by atoms with Crippen molar-refractivity contribution < 1.29 is 29.0 Å². The number of esters is 2. The van der Waals surface area contributed by atoms with Gasteiger partial charge in [0.05, 0.1) is 0 Å². The second-order valence-electron chi connectivity index (χ2n) is 11.1. The maximum absolute atomic E-state index is 11.9. The Morgan fingerprint density at radius 3 is 1.90 bits per heavy atom. The molecule has 6 heteroatoms. The zero-order valence-electron chi connectivity index (χ0n) is 26.2. The van der Waals surface area contributed by atoms with Crippen LogP contribution in [-0.4, -0.2) is 42.1 Å². The molecule has 0 unspecified atom stereocenters. The maximum atomic E-state index is 11.9. The molecule has 1 atom stereocenters. The van der Waals surface area contributed by atoms with Crippen molar-refractivity contribution in [2.75, 3.05) is 13.2 Å². The first-order valence-electron chi connectivity index (χ1n) is 16.0. The van der Waals surface area contributed by atoms with E-state index >= 15 is 0 Å². The monoisotopic (exact) mass is 574 g/mol. The van der Waals surface area contributed by atoms with Crippen LogP contribution in [0.15, 0.2) is 48.6 Å². The molecule has 6 nitrogen and oxygen atoms in total. The van der Waals surface area contributed by atoms with Gasteiger partial charge in [-0.25, -0.2) is 0 Å². The molecule has 0 amide bonds. The van der Waals surface area contributed by atoms with Gasteiger partial charge in [0.2, 0.25) is 0 Å². The van der Waals surface area contributed by atoms with Gasteiger partial charge in [0.15, 0.2) is 5.78 Å². The molecule has 0 aliphatic heterocycles. The third kappa shape index (κ3) is 30.3. The highest BCUT2D eigenvalue weighted by molar-refractivity contribution is 5.90. The van der Waals surface area contributed by atoms with Gasteiger partial charge in [-0.05, 0) is 50.5 Å². The van der Waals surface area contributed by atoms with Gasteiger partial charge in [0.1, 0.15) is 19.3 Å². The maximum Gasteiger partial charge on any atom is 0.305 e. The van der Waals surface area contributed by atoms with Crippen molar-refractivity contribution in [3.63, 3.8) is 0 Å². The van der Waals surface area contributed by atoms with Gasteiger partial charge in [-0.3, -0.25) is 14.4 Å². The number of aliphatic hydroxyl groups excluding tert-OH is 1. The Kier molecular flexibility index (Phi) is 27.3. The Labute approximate surface area is 250 Å². The van der Waals surface area contributed by atoms with E-state index in [1.54, 1.807) is 6.08 Å². The normalized spacial score (nSPS) is 12.8. The smallest absolute Gasteiger partial charge is 0.305 e. The summed E-state index contributed by atoms with van der Waals surface area (Å²) in [6.45, 7) is 6.27. The van der Waals surface area contributed by atoms with Crippen molar-refractivity contribution in [2.24, 2.45) is 5.92 Å². The minimum atomic E-state index is -1.05. The lowest BCUT2D eigenvalue weighted by molar-refractivity contribution is -0.152. The van der Waals surface area contributed by atoms with Crippen molar-refractivity contribution in [2.45, 2.75) is 136 Å². The largest absolute Gasteiger partial charge is 0.463 e. The predicted molar refractivity (Wildman–Crippen MR) is 168 cm³/mol. The lowest BCUT2D eigenvalue weighted by Gasteiger charge is -2.12. The minimum Gasteiger partial charge on any atom is -0.463 e. The van der Waals surface area contributed by atoms with Crippen LogP contribution in [0.5, 0.6) is 0 Å². The number of rotatable bonds is 27. The summed E-state index contributed by atoms with van der Waals surface area (Å²) in [6.07, 6.45) is 30.4. The number of carbonyl (C=O) groups is 3. The summed E-state index contributed by atoms with van der Waals surface area (Å²) < 4.78 is 10.1. The molecular weight excluding hydrogens is 516 g/mol. The first kappa shape index (κ1) is 38.5. The van der Waals surface area contributed by atoms with Crippen LogP contribution >= 0.6 is 0 Å². The number of aliphatic hydroxyl groups is 1. The van der Waals surface area contributed by atoms with Crippen LogP contribution in [0.4, 0.5) is 0 Å². The molecule has 0 saturated carbocycles. The van der Waals surface area contributed by atoms with Gasteiger partial charge in [-0.1, -0.05) is 115 Å². The van der Waals surface area contributed by atoms with Crippen LogP contribution in [0.1, 0.15) is 130 Å². The van der Waals surface area contributed by atoms with Crippen LogP contribution < -0.4 is 0 Å². The van der Waals surface area contributed by atoms with E-state index in [1.165, 1.54) is 51.0 Å². The summed E-state index contributed by atoms with van der Waals surface area (Å²) >= 11 is 0. The molecule has 0 aromatic rings. The molecule has 0 aliphatic carbocycles. The fraction of sp³-hybridized carbons (Fsp3) is 0.686. The SMILES string of the molecule is CCCCC/C=C\C/C=C\C/C=C\C=C\C(=O)CCCC(=O)OC[C@H](O)COC(=O)CCCCCCCCC(C)C. The molecule has 0 aliphatic rings. The predicted octanol–water partition coefficient (Wildman–Crippen LogP) is 8.54. The molecule has 1 N–H and O–H groups in total. The summed E-state index contributed by atoms with van der Waals surface area (Å²) in [5.74, 6) is -0.114. The summed E-state index contributed by atoms with van der Waals surface area (Å²) in [7, 11) is 0. The van der Waals surface area contributed by atoms with Crippen LogP contribution in [0, 0.1) is 5.92 Å². The minimum absolute atomic E-state index is 0.0516. The van der Waals surface area contributed by atoms with Crippen molar-refractivity contribution in [1.29, 1.82) is 0 Å². The third-order valence-electron chi connectivity index (χ3n) is 6.47. The fourth-order valence-corrected chi connectivity index (χ4v) is 3.99. The molecule has 234 valence electrons. The summed E-state index contributed by atoms with van der Waals surface area (Å²) in [5, 5.41) is 9.91. The topological polar surface area (TPSA) is 89.9 Å². The Morgan fingerprint density at radius 2 is 1.24 bits per heavy atom. The zero-order valence-corrected chi connectivity index (χ0v) is 26.2. The second kappa shape index (κ2) is 29.0. The molecular formula is C35H58O6. The van der Waals surface area contributed by atoms with Gasteiger partial charge in [0.25, 0.3) is 0 Å². The quantitative estimate of drug-likeness (QED) is 0.0348. The highest BCUT2D eigenvalue weighted by Crippen LogP contribution is 2.12. The lowest BCUT2D eigenvalue weighted by atomic mass is 10.0. The highest BCUT2D eigenvalue weighted by Gasteiger charge is 2.12. The van der Waals surface area contributed by atoms with Gasteiger partial charge >= 0.3 is 11.9 Å². The van der Waals surface area contributed by atoms with E-state index in [-0.39, 0.29) is 37.8 Å². The van der Waals surface area contributed by atoms with Crippen molar-refractivity contribution in [3.05, 3.63) is 48.6 Å². The lowest BCUT2D eigenvalue weighted by Crippen LogP contribution is -2.25. The molecule has 0 rings (SSSR count). The molecule has 0 aromatic heterocycles. The fourth-order valence-electron chi connectivity index (χ4n) is 3.99. The van der Waals surface area contributed by atoms with Gasteiger partial charge in [0, 0.05) is 19.3 Å². The highest BCUT2D eigenvalue weighted by atomic mass is 16.6. The number of unbranched alkanes of at least 4 members (excludes halogenated alkanes) is 8. The number of carbonyl (C=O) groups excluding carboxylic acids is 3. The van der Waals surface area contributed by atoms with Crippen LogP contribution in [0.3, 0.4) is 0 Å². The Morgan fingerprint density at radius 1 is 0.659 bits per heavy atom. The van der Waals surface area contributed by atoms with Gasteiger partial charge < -0.3 is 14.6 Å². The molecule has 0 radical (unpaired) electrons. The molecule has 41 heavy (non-hydrogen) atoms. The summed E-state index contributed by atoms with van der Waals surface area (Å²) in [6, 6.07) is 0. The third-order valence-corrected chi connectivity index (χ3v) is 6.47. The standard InChI is InChI=1S/C35H58O6/c1-4-5-6-7-8-9-10-11-12-13-14-18-21-25-32(36)26-23-28-35(39)41-30-33(37)29-40-34(38)27-22-19-16-15-17-20-24-31(2)3/h8-9,11-12,14,18,21,25,31,33,37H,4-7,10,13,15-17,19-20,22-24,26-30H2,1-3H3/b9-8-,12-11-,18-14-,25-21+/t33-/m1/s1. The Balaban J connectivity index is 3.73. The number of ketones is 1. The van der Waals surface area contributed by atoms with Crippen LogP contribution in [0.25, 0.3) is 0 Å². The van der Waals surface area contributed by atoms with Crippen molar-refractivity contribution in [1.82, 2.24) is 0 Å². The average Bonchev–Trinajstić information content (AvgIpc) is 2.94. The zero-order chi connectivity index (χ0) is 30.4. The van der Waals surface area contributed by atoms with Crippen molar-refractivity contribution in [3.8, 4) is 0 Å². The van der Waals surface area contributed by atoms with E-state index < -0.39 is 12.1 Å². The van der Waals surface area contributed by atoms with E-state index in [4.69, 9.17) is 9.47 Å². The molecule has 0 aromatic carbocycles. The van der Waals surface area contributed by atoms with Gasteiger partial charge in [-0.15, -0.1) is 0 Å². The Bertz CT molecular complexity index is 778. The number of hydrogen-bond donors (Lipinski definition) is 1. The molecule has 0 saturated heterocycles. The number of ether oxygens (including phenoxy) is 2. The average molecular weight is 575 g/mol. The first-order valence-corrected chi connectivity index (χ1v) is 16.0. The molecule has 0 spiro atoms. The van der Waals surface area contributed by atoms with E-state index in [0.717, 1.165) is 44.4 Å². The summed E-state index contributed by atoms with van der Waals surface area (Å²) in [4.78, 5) is 35.6. The molecule has 0 heterocycles. The van der Waals surface area contributed by atoms with Gasteiger partial charge in [-0.2, -0.15) is 0 Å². The molecule has 0 fully saturated rings. The Hall–Kier alpha value is -2.47. The van der Waals surface area contributed by atoms with E-state index in [0.29, 0.717) is 12.8 Å². The molecule has 0 bridgehead atoms. The van der Waals surface area contributed by atoms with Crippen LogP contribution in [-0.2, 0) is 23.9 Å². The van der Waals surface area contributed by atoms with Crippen molar-refractivity contribution >= 4 is 17.7 Å². The van der Waals surface area contributed by atoms with Crippen LogP contribution in [0.2, 0.25) is 0 Å².